The van der Waals surface area contributed by atoms with E-state index < -0.39 is 11.6 Å². The molecule has 1 aromatic heterocycles. The number of hydrogen-bond acceptors (Lipinski definition) is 4. The van der Waals surface area contributed by atoms with Crippen LogP contribution in [0, 0.1) is 11.6 Å². The van der Waals surface area contributed by atoms with Crippen LogP contribution in [0.3, 0.4) is 0 Å². The Kier molecular flexibility index (Phi) is 7.86. The molecule has 0 saturated heterocycles. The third-order valence-electron chi connectivity index (χ3n) is 4.43. The first-order valence-electron chi connectivity index (χ1n) is 8.88. The van der Waals surface area contributed by atoms with Crippen LogP contribution in [0.15, 0.2) is 42.5 Å². The second kappa shape index (κ2) is 9.91. The van der Waals surface area contributed by atoms with Gasteiger partial charge in [0.05, 0.1) is 4.70 Å². The van der Waals surface area contributed by atoms with Gasteiger partial charge in [-0.15, -0.1) is 12.4 Å². The van der Waals surface area contributed by atoms with Crippen molar-refractivity contribution < 1.29 is 13.6 Å². The molecule has 4 nitrogen and oxygen atoms in total. The number of amides is 1. The maximum Gasteiger partial charge on any atom is 0.260 e. The monoisotopic (exact) mass is 425 g/mol. The summed E-state index contributed by atoms with van der Waals surface area (Å²) >= 11 is 1.12. The minimum absolute atomic E-state index is 0. The third-order valence-corrected chi connectivity index (χ3v) is 5.46. The van der Waals surface area contributed by atoms with E-state index in [4.69, 9.17) is 0 Å². The number of rotatable bonds is 7. The Morgan fingerprint density at radius 2 is 1.75 bits per heavy atom. The Morgan fingerprint density at radius 3 is 2.39 bits per heavy atom. The van der Waals surface area contributed by atoms with E-state index in [0.717, 1.165) is 30.5 Å². The number of fused-ring (bicyclic) bond motifs is 1. The minimum Gasteiger partial charge on any atom is -0.302 e. The molecule has 0 N–H and O–H groups in total. The summed E-state index contributed by atoms with van der Waals surface area (Å²) in [6.45, 7) is 6.93. The number of aromatic nitrogens is 1. The van der Waals surface area contributed by atoms with Gasteiger partial charge in [0.15, 0.2) is 10.9 Å². The van der Waals surface area contributed by atoms with Gasteiger partial charge < -0.3 is 4.90 Å². The summed E-state index contributed by atoms with van der Waals surface area (Å²) in [5.41, 5.74) is 0.619. The molecule has 0 atom stereocenters. The summed E-state index contributed by atoms with van der Waals surface area (Å²) in [4.78, 5) is 21.1. The highest BCUT2D eigenvalue weighted by Gasteiger charge is 2.23. The zero-order chi connectivity index (χ0) is 19.4. The van der Waals surface area contributed by atoms with Gasteiger partial charge in [0, 0.05) is 24.7 Å². The van der Waals surface area contributed by atoms with Crippen molar-refractivity contribution in [2.45, 2.75) is 13.8 Å². The van der Waals surface area contributed by atoms with Gasteiger partial charge >= 0.3 is 0 Å². The van der Waals surface area contributed by atoms with Crippen molar-refractivity contribution in [3.63, 3.8) is 0 Å². The van der Waals surface area contributed by atoms with Gasteiger partial charge in [0.1, 0.15) is 11.3 Å². The van der Waals surface area contributed by atoms with Crippen LogP contribution in [-0.4, -0.2) is 42.0 Å². The van der Waals surface area contributed by atoms with Crippen molar-refractivity contribution in [1.82, 2.24) is 9.88 Å². The molecule has 0 unspecified atom stereocenters. The summed E-state index contributed by atoms with van der Waals surface area (Å²) in [6.07, 6.45) is 0. The first-order valence-corrected chi connectivity index (χ1v) is 9.70. The molecule has 0 saturated carbocycles. The molecule has 1 heterocycles. The molecule has 0 radical (unpaired) electrons. The molecule has 0 aliphatic carbocycles. The second-order valence-corrected chi connectivity index (χ2v) is 7.09. The number of hydrogen-bond donors (Lipinski definition) is 0. The van der Waals surface area contributed by atoms with Crippen LogP contribution in [0.1, 0.15) is 24.2 Å². The average molecular weight is 426 g/mol. The quantitative estimate of drug-likeness (QED) is 0.535. The molecule has 0 spiro atoms. The van der Waals surface area contributed by atoms with E-state index in [1.165, 1.54) is 6.07 Å². The number of halogens is 3. The molecule has 8 heteroatoms. The van der Waals surface area contributed by atoms with Crippen molar-refractivity contribution in [2.75, 3.05) is 31.1 Å². The average Bonchev–Trinajstić information content (AvgIpc) is 3.09. The van der Waals surface area contributed by atoms with Gasteiger partial charge in [0.2, 0.25) is 0 Å². The Bertz CT molecular complexity index is 932. The van der Waals surface area contributed by atoms with Gasteiger partial charge in [-0.1, -0.05) is 43.4 Å². The zero-order valence-corrected chi connectivity index (χ0v) is 17.3. The number of anilines is 1. The highest BCUT2D eigenvalue weighted by Crippen LogP contribution is 2.31. The van der Waals surface area contributed by atoms with Crippen molar-refractivity contribution in [1.29, 1.82) is 0 Å². The lowest BCUT2D eigenvalue weighted by atomic mass is 10.2. The Labute approximate surface area is 173 Å². The summed E-state index contributed by atoms with van der Waals surface area (Å²) in [7, 11) is 0. The topological polar surface area (TPSA) is 36.4 Å². The number of nitrogens with zero attached hydrogens (tertiary/aromatic N) is 3. The number of carbonyl (C=O) groups excluding carboxylic acids is 1. The molecule has 28 heavy (non-hydrogen) atoms. The Hall–Kier alpha value is -2.09. The molecular formula is C20H22ClF2N3OS. The van der Waals surface area contributed by atoms with E-state index in [9.17, 15) is 13.6 Å². The first kappa shape index (κ1) is 22.2. The van der Waals surface area contributed by atoms with E-state index in [1.54, 1.807) is 29.2 Å². The van der Waals surface area contributed by atoms with Crippen molar-refractivity contribution in [3.8, 4) is 0 Å². The van der Waals surface area contributed by atoms with E-state index in [2.05, 4.69) is 23.7 Å². The Balaban J connectivity index is 0.00000280. The fourth-order valence-corrected chi connectivity index (χ4v) is 3.89. The summed E-state index contributed by atoms with van der Waals surface area (Å²) < 4.78 is 28.0. The van der Waals surface area contributed by atoms with Crippen LogP contribution in [0.2, 0.25) is 0 Å². The number of carbonyl (C=O) groups is 1. The molecule has 0 aliphatic rings. The van der Waals surface area contributed by atoms with Gasteiger partial charge in [-0.3, -0.25) is 9.69 Å². The third kappa shape index (κ3) is 4.84. The largest absolute Gasteiger partial charge is 0.302 e. The maximum atomic E-state index is 14.1. The van der Waals surface area contributed by atoms with Gasteiger partial charge in [-0.25, -0.2) is 13.8 Å². The van der Waals surface area contributed by atoms with E-state index in [-0.39, 0.29) is 23.8 Å². The van der Waals surface area contributed by atoms with Gasteiger partial charge in [0.25, 0.3) is 5.91 Å². The fourth-order valence-electron chi connectivity index (χ4n) is 2.86. The van der Waals surface area contributed by atoms with E-state index in [1.807, 2.05) is 6.07 Å². The Morgan fingerprint density at radius 1 is 1.07 bits per heavy atom. The SMILES string of the molecule is CCN(CC)CCN(C(=O)c1ccccc1)c1nc2c(F)cc(F)cc2s1.Cl. The molecule has 2 aromatic carbocycles. The normalized spacial score (nSPS) is 10.9. The lowest BCUT2D eigenvalue weighted by molar-refractivity contribution is 0.0983. The van der Waals surface area contributed by atoms with Gasteiger partial charge in [-0.2, -0.15) is 0 Å². The van der Waals surface area contributed by atoms with E-state index in [0.29, 0.717) is 28.5 Å². The minimum atomic E-state index is -0.719. The molecular weight excluding hydrogens is 404 g/mol. The van der Waals surface area contributed by atoms with Crippen LogP contribution in [0.4, 0.5) is 13.9 Å². The van der Waals surface area contributed by atoms with Crippen molar-refractivity contribution in [3.05, 3.63) is 59.7 Å². The van der Waals surface area contributed by atoms with Crippen molar-refractivity contribution in [2.24, 2.45) is 0 Å². The molecule has 3 rings (SSSR count). The number of benzene rings is 2. The second-order valence-electron chi connectivity index (χ2n) is 6.08. The molecule has 0 aliphatic heterocycles. The summed E-state index contributed by atoms with van der Waals surface area (Å²) in [6, 6.07) is 11.0. The number of thiazole rings is 1. The zero-order valence-electron chi connectivity index (χ0n) is 15.7. The first-order chi connectivity index (χ1) is 13.0. The van der Waals surface area contributed by atoms with Crippen LogP contribution in [-0.2, 0) is 0 Å². The van der Waals surface area contributed by atoms with E-state index >= 15 is 0 Å². The molecule has 3 aromatic rings. The fraction of sp³-hybridized carbons (Fsp3) is 0.300. The molecule has 0 fully saturated rings. The molecule has 1 amide bonds. The highest BCUT2D eigenvalue weighted by atomic mass is 35.5. The number of likely N-dealkylation sites (N-methyl/N-ethyl adjacent to an activating group) is 1. The predicted octanol–water partition coefficient (Wildman–Crippen LogP) is 4.98. The maximum absolute atomic E-state index is 14.1. The van der Waals surface area contributed by atoms with Crippen LogP contribution in [0.25, 0.3) is 10.2 Å². The van der Waals surface area contributed by atoms with Gasteiger partial charge in [-0.05, 0) is 31.3 Å². The van der Waals surface area contributed by atoms with Crippen LogP contribution < -0.4 is 4.90 Å². The molecule has 0 bridgehead atoms. The lowest BCUT2D eigenvalue weighted by Crippen LogP contribution is -2.38. The van der Waals surface area contributed by atoms with Crippen LogP contribution in [0.5, 0.6) is 0 Å². The van der Waals surface area contributed by atoms with Crippen molar-refractivity contribution >= 4 is 45.0 Å². The summed E-state index contributed by atoms with van der Waals surface area (Å²) in [5, 5.41) is 0.371. The standard InChI is InChI=1S/C20H21F2N3OS.ClH/c1-3-24(4-2)10-11-25(19(26)14-8-6-5-7-9-14)20-23-18-16(22)12-15(21)13-17(18)27-20;/h5-9,12-13H,3-4,10-11H2,1-2H3;1H. The summed E-state index contributed by atoms with van der Waals surface area (Å²) in [5.74, 6) is -1.58. The smallest absolute Gasteiger partial charge is 0.260 e. The van der Waals surface area contributed by atoms with Crippen LogP contribution >= 0.6 is 23.7 Å². The molecule has 150 valence electrons. The predicted molar refractivity (Wildman–Crippen MR) is 113 cm³/mol. The lowest BCUT2D eigenvalue weighted by Gasteiger charge is -2.24. The highest BCUT2D eigenvalue weighted by molar-refractivity contribution is 7.22.